The molecule has 1 unspecified atom stereocenters. The first-order valence-electron chi connectivity index (χ1n) is 5.67. The first kappa shape index (κ1) is 14.5. The number of aliphatic carboxylic acids is 1. The zero-order valence-electron chi connectivity index (χ0n) is 10.2. The Bertz CT molecular complexity index is 550. The molecule has 1 aliphatic rings. The van der Waals surface area contributed by atoms with Gasteiger partial charge in [0.15, 0.2) is 0 Å². The molecule has 7 heteroatoms. The number of carbonyl (C=O) groups excluding carboxylic acids is 1. The lowest BCUT2D eigenvalue weighted by molar-refractivity contribution is -0.147. The third-order valence-corrected chi connectivity index (χ3v) is 4.33. The Morgan fingerprint density at radius 3 is 2.68 bits per heavy atom. The number of hydrogen-bond acceptors (Lipinski definition) is 3. The van der Waals surface area contributed by atoms with E-state index in [4.69, 9.17) is 5.11 Å². The molecule has 5 nitrogen and oxygen atoms in total. The second kappa shape index (κ2) is 5.20. The number of rotatable bonds is 2. The minimum atomic E-state index is -0.870. The molecule has 19 heavy (non-hydrogen) atoms. The number of nitrogens with zero attached hydrogens (tertiary/aromatic N) is 2. The molecule has 0 spiro atoms. The summed E-state index contributed by atoms with van der Waals surface area (Å²) in [5.41, 5.74) is -0.560. The van der Waals surface area contributed by atoms with Gasteiger partial charge in [-0.1, -0.05) is 0 Å². The molecule has 1 aromatic heterocycles. The maximum atomic E-state index is 12.3. The van der Waals surface area contributed by atoms with E-state index in [1.54, 1.807) is 19.2 Å². The summed E-state index contributed by atoms with van der Waals surface area (Å²) in [7, 11) is 0. The fraction of sp³-hybridized carbons (Fsp3) is 0.417. The van der Waals surface area contributed by atoms with Gasteiger partial charge < -0.3 is 10.0 Å². The van der Waals surface area contributed by atoms with Gasteiger partial charge >= 0.3 is 5.97 Å². The van der Waals surface area contributed by atoms with Crippen LogP contribution in [0, 0.1) is 5.41 Å². The van der Waals surface area contributed by atoms with Crippen LogP contribution in [-0.4, -0.2) is 40.0 Å². The second-order valence-electron chi connectivity index (χ2n) is 4.83. The Morgan fingerprint density at radius 1 is 1.47 bits per heavy atom. The number of hydrogen-bond donors (Lipinski definition) is 1. The normalized spacial score (nSPS) is 22.6. The summed E-state index contributed by atoms with van der Waals surface area (Å²) in [5, 5.41) is 9.16. The van der Waals surface area contributed by atoms with Gasteiger partial charge in [0.1, 0.15) is 5.69 Å². The maximum absolute atomic E-state index is 12.3. The highest BCUT2D eigenvalue weighted by molar-refractivity contribution is 9.11. The van der Waals surface area contributed by atoms with E-state index in [1.165, 1.54) is 4.90 Å². The van der Waals surface area contributed by atoms with Gasteiger partial charge in [0.2, 0.25) is 0 Å². The van der Waals surface area contributed by atoms with Crippen molar-refractivity contribution in [2.24, 2.45) is 5.41 Å². The smallest absolute Gasteiger partial charge is 0.311 e. The van der Waals surface area contributed by atoms with Gasteiger partial charge in [0.05, 0.1) is 9.89 Å². The van der Waals surface area contributed by atoms with Crippen LogP contribution in [0.25, 0.3) is 0 Å². The van der Waals surface area contributed by atoms with Crippen molar-refractivity contribution < 1.29 is 14.7 Å². The van der Waals surface area contributed by atoms with Crippen molar-refractivity contribution in [2.45, 2.75) is 13.3 Å². The minimum absolute atomic E-state index is 0.214. The Balaban J connectivity index is 2.20. The van der Waals surface area contributed by atoms with Crippen molar-refractivity contribution in [3.05, 3.63) is 26.9 Å². The van der Waals surface area contributed by atoms with Crippen molar-refractivity contribution in [3.63, 3.8) is 0 Å². The largest absolute Gasteiger partial charge is 0.481 e. The molecule has 1 aliphatic heterocycles. The number of aromatic nitrogens is 1. The zero-order chi connectivity index (χ0) is 14.2. The predicted octanol–water partition coefficient (Wildman–Crippen LogP) is 2.54. The Labute approximate surface area is 127 Å². The molecule has 1 amide bonds. The number of carboxylic acids is 1. The zero-order valence-corrected chi connectivity index (χ0v) is 13.4. The highest BCUT2D eigenvalue weighted by Crippen LogP contribution is 2.31. The van der Waals surface area contributed by atoms with Gasteiger partial charge in [-0.2, -0.15) is 0 Å². The highest BCUT2D eigenvalue weighted by atomic mass is 79.9. The number of halogens is 2. The average molecular weight is 392 g/mol. The Kier molecular flexibility index (Phi) is 3.96. The SMILES string of the molecule is CC1(C(=O)O)CCN(C(=O)c2ncc(Br)cc2Br)C1. The van der Waals surface area contributed by atoms with E-state index in [0.29, 0.717) is 23.1 Å². The predicted molar refractivity (Wildman–Crippen MR) is 75.9 cm³/mol. The van der Waals surface area contributed by atoms with E-state index in [0.717, 1.165) is 4.47 Å². The molecule has 0 saturated carbocycles. The minimum Gasteiger partial charge on any atom is -0.481 e. The molecule has 0 bridgehead atoms. The van der Waals surface area contributed by atoms with Crippen LogP contribution >= 0.6 is 31.9 Å². The van der Waals surface area contributed by atoms with E-state index in [9.17, 15) is 9.59 Å². The molecule has 1 saturated heterocycles. The monoisotopic (exact) mass is 390 g/mol. The lowest BCUT2D eigenvalue weighted by atomic mass is 9.90. The van der Waals surface area contributed by atoms with E-state index >= 15 is 0 Å². The number of likely N-dealkylation sites (tertiary alicyclic amines) is 1. The summed E-state index contributed by atoms with van der Waals surface area (Å²) < 4.78 is 1.36. The quantitative estimate of drug-likeness (QED) is 0.840. The molecular formula is C12H12Br2N2O3. The summed E-state index contributed by atoms with van der Waals surface area (Å²) in [6, 6.07) is 1.74. The van der Waals surface area contributed by atoms with Crippen LogP contribution in [0.5, 0.6) is 0 Å². The summed E-state index contributed by atoms with van der Waals surface area (Å²) in [6.45, 7) is 2.31. The summed E-state index contributed by atoms with van der Waals surface area (Å²) in [6.07, 6.45) is 2.01. The summed E-state index contributed by atoms with van der Waals surface area (Å²) in [4.78, 5) is 29.1. The van der Waals surface area contributed by atoms with Crippen molar-refractivity contribution in [2.75, 3.05) is 13.1 Å². The van der Waals surface area contributed by atoms with Crippen molar-refractivity contribution >= 4 is 43.7 Å². The standard InChI is InChI=1S/C12H12Br2N2O3/c1-12(11(18)19)2-3-16(6-12)10(17)9-8(14)4-7(13)5-15-9/h4-5H,2-3,6H2,1H3,(H,18,19). The molecule has 0 radical (unpaired) electrons. The van der Waals surface area contributed by atoms with Crippen LogP contribution in [0.2, 0.25) is 0 Å². The second-order valence-corrected chi connectivity index (χ2v) is 6.60. The molecule has 1 aromatic rings. The highest BCUT2D eigenvalue weighted by Gasteiger charge is 2.42. The van der Waals surface area contributed by atoms with Crippen LogP contribution in [-0.2, 0) is 4.79 Å². The average Bonchev–Trinajstić information content (AvgIpc) is 2.73. The van der Waals surface area contributed by atoms with E-state index in [1.807, 2.05) is 0 Å². The van der Waals surface area contributed by atoms with Crippen LogP contribution in [0.15, 0.2) is 21.2 Å². The van der Waals surface area contributed by atoms with E-state index in [-0.39, 0.29) is 12.5 Å². The summed E-state index contributed by atoms with van der Waals surface area (Å²) >= 11 is 6.57. The van der Waals surface area contributed by atoms with E-state index < -0.39 is 11.4 Å². The molecule has 2 rings (SSSR count). The first-order chi connectivity index (χ1) is 8.83. The third-order valence-electron chi connectivity index (χ3n) is 3.29. The maximum Gasteiger partial charge on any atom is 0.311 e. The molecule has 0 aliphatic carbocycles. The lowest BCUT2D eigenvalue weighted by Crippen LogP contribution is -2.35. The fourth-order valence-corrected chi connectivity index (χ4v) is 3.19. The number of carboxylic acid groups (broad SMARTS) is 1. The lowest BCUT2D eigenvalue weighted by Gasteiger charge is -2.20. The molecule has 1 N–H and O–H groups in total. The number of amides is 1. The van der Waals surface area contributed by atoms with Crippen molar-refractivity contribution in [1.82, 2.24) is 9.88 Å². The van der Waals surface area contributed by atoms with Gasteiger partial charge in [-0.05, 0) is 51.3 Å². The third kappa shape index (κ3) is 2.81. The molecule has 1 fully saturated rings. The van der Waals surface area contributed by atoms with Crippen molar-refractivity contribution in [3.8, 4) is 0 Å². The number of pyridine rings is 1. The summed E-state index contributed by atoms with van der Waals surface area (Å²) in [5.74, 6) is -1.12. The van der Waals surface area contributed by atoms with Gasteiger partial charge in [-0.25, -0.2) is 4.98 Å². The van der Waals surface area contributed by atoms with Crippen LogP contribution in [0.1, 0.15) is 23.8 Å². The Hall–Kier alpha value is -0.950. The first-order valence-corrected chi connectivity index (χ1v) is 7.26. The Morgan fingerprint density at radius 2 is 2.16 bits per heavy atom. The van der Waals surface area contributed by atoms with E-state index in [2.05, 4.69) is 36.8 Å². The van der Waals surface area contributed by atoms with Crippen molar-refractivity contribution in [1.29, 1.82) is 0 Å². The topological polar surface area (TPSA) is 70.5 Å². The molecule has 2 heterocycles. The fourth-order valence-electron chi connectivity index (χ4n) is 2.03. The molecule has 102 valence electrons. The van der Waals surface area contributed by atoms with Gasteiger partial charge in [0.25, 0.3) is 5.91 Å². The van der Waals surface area contributed by atoms with Crippen LogP contribution in [0.4, 0.5) is 0 Å². The van der Waals surface area contributed by atoms with Gasteiger partial charge in [-0.15, -0.1) is 0 Å². The van der Waals surface area contributed by atoms with Crippen LogP contribution in [0.3, 0.4) is 0 Å². The molecule has 0 aromatic carbocycles. The number of carbonyl (C=O) groups is 2. The molecular weight excluding hydrogens is 380 g/mol. The molecule has 1 atom stereocenters. The van der Waals surface area contributed by atoms with Crippen LogP contribution < -0.4 is 0 Å². The van der Waals surface area contributed by atoms with Gasteiger partial charge in [-0.3, -0.25) is 9.59 Å². The van der Waals surface area contributed by atoms with Gasteiger partial charge in [0, 0.05) is 23.8 Å².